The van der Waals surface area contributed by atoms with E-state index in [2.05, 4.69) is 26.2 Å². The first-order chi connectivity index (χ1) is 9.45. The number of thiazole rings is 1. The summed E-state index contributed by atoms with van der Waals surface area (Å²) in [6, 6.07) is 3.77. The smallest absolute Gasteiger partial charge is 0.258 e. The Bertz CT molecular complexity index is 674. The van der Waals surface area contributed by atoms with Crippen molar-refractivity contribution in [3.8, 4) is 0 Å². The quantitative estimate of drug-likeness (QED) is 0.880. The van der Waals surface area contributed by atoms with E-state index in [-0.39, 0.29) is 12.0 Å². The summed E-state index contributed by atoms with van der Waals surface area (Å²) in [5.41, 5.74) is 5.84. The molecular formula is C12H9BrFN3O2S. The second-order valence-electron chi connectivity index (χ2n) is 3.87. The topological polar surface area (TPSA) is 85.1 Å². The third-order valence-corrected chi connectivity index (χ3v) is 3.77. The fourth-order valence-electron chi connectivity index (χ4n) is 1.46. The lowest BCUT2D eigenvalue weighted by Gasteiger charge is -2.04. The fourth-order valence-corrected chi connectivity index (χ4v) is 2.70. The number of anilines is 1. The maximum Gasteiger partial charge on any atom is 0.258 e. The molecular weight excluding hydrogens is 349 g/mol. The van der Waals surface area contributed by atoms with Gasteiger partial charge in [0.15, 0.2) is 5.13 Å². The van der Waals surface area contributed by atoms with Crippen LogP contribution in [-0.2, 0) is 11.2 Å². The minimum absolute atomic E-state index is 0.0204. The molecule has 2 amide bonds. The number of hydrogen-bond acceptors (Lipinski definition) is 4. The van der Waals surface area contributed by atoms with Gasteiger partial charge in [-0.3, -0.25) is 14.9 Å². The highest BCUT2D eigenvalue weighted by Gasteiger charge is 2.13. The Balaban J connectivity index is 2.11. The van der Waals surface area contributed by atoms with Crippen LogP contribution in [0.1, 0.15) is 16.1 Å². The lowest BCUT2D eigenvalue weighted by Crippen LogP contribution is -2.15. The van der Waals surface area contributed by atoms with Gasteiger partial charge in [-0.25, -0.2) is 9.37 Å². The van der Waals surface area contributed by atoms with Crippen LogP contribution >= 0.6 is 27.3 Å². The molecule has 0 fully saturated rings. The number of benzene rings is 1. The summed E-state index contributed by atoms with van der Waals surface area (Å²) in [4.78, 5) is 26.8. The van der Waals surface area contributed by atoms with Gasteiger partial charge in [0, 0.05) is 9.85 Å². The number of nitrogens with zero attached hydrogens (tertiary/aromatic N) is 1. The van der Waals surface area contributed by atoms with Crippen LogP contribution in [0.3, 0.4) is 0 Å². The summed E-state index contributed by atoms with van der Waals surface area (Å²) in [5, 5.41) is 4.56. The van der Waals surface area contributed by atoms with Gasteiger partial charge in [0.25, 0.3) is 5.91 Å². The number of hydrogen-bond donors (Lipinski definition) is 2. The molecule has 0 aliphatic rings. The zero-order valence-corrected chi connectivity index (χ0v) is 12.4. The number of rotatable bonds is 4. The predicted molar refractivity (Wildman–Crippen MR) is 77.1 cm³/mol. The van der Waals surface area contributed by atoms with Crippen LogP contribution in [-0.4, -0.2) is 16.8 Å². The molecule has 0 saturated heterocycles. The number of carbonyl (C=O) groups excluding carboxylic acids is 2. The second kappa shape index (κ2) is 6.10. The molecule has 104 valence electrons. The van der Waals surface area contributed by atoms with Crippen LogP contribution in [0.25, 0.3) is 0 Å². The van der Waals surface area contributed by atoms with E-state index in [1.807, 2.05) is 0 Å². The summed E-state index contributed by atoms with van der Waals surface area (Å²) >= 11 is 4.30. The fraction of sp³-hybridized carbons (Fsp3) is 0.0833. The summed E-state index contributed by atoms with van der Waals surface area (Å²) in [6.07, 6.45) is 0.0204. The highest BCUT2D eigenvalue weighted by Crippen LogP contribution is 2.21. The minimum atomic E-state index is -0.491. The van der Waals surface area contributed by atoms with Gasteiger partial charge < -0.3 is 5.73 Å². The standard InChI is InChI=1S/C12H9BrFN3O2S/c13-9-3-6(14)1-2-8(9)11(19)17-12-16-7(5-20-12)4-10(15)18/h1-3,5H,4H2,(H2,15,18)(H,16,17,19). The van der Waals surface area contributed by atoms with Crippen molar-refractivity contribution in [2.24, 2.45) is 5.73 Å². The third kappa shape index (κ3) is 3.61. The lowest BCUT2D eigenvalue weighted by atomic mass is 10.2. The van der Waals surface area contributed by atoms with Gasteiger partial charge in [0.1, 0.15) is 5.82 Å². The van der Waals surface area contributed by atoms with E-state index in [1.54, 1.807) is 5.38 Å². The van der Waals surface area contributed by atoms with Crippen molar-refractivity contribution in [3.63, 3.8) is 0 Å². The first kappa shape index (κ1) is 14.6. The van der Waals surface area contributed by atoms with Crippen LogP contribution in [0.15, 0.2) is 28.1 Å². The molecule has 2 aromatic rings. The molecule has 0 spiro atoms. The number of aromatic nitrogens is 1. The van der Waals surface area contributed by atoms with Crippen LogP contribution in [0, 0.1) is 5.82 Å². The number of nitrogens with two attached hydrogens (primary N) is 1. The molecule has 0 unspecified atom stereocenters. The zero-order valence-electron chi connectivity index (χ0n) is 10.0. The van der Waals surface area contributed by atoms with Crippen LogP contribution in [0.4, 0.5) is 9.52 Å². The van der Waals surface area contributed by atoms with Crippen molar-refractivity contribution in [1.29, 1.82) is 0 Å². The molecule has 8 heteroatoms. The molecule has 0 atom stereocenters. The summed E-state index contributed by atoms with van der Waals surface area (Å²) < 4.78 is 13.3. The highest BCUT2D eigenvalue weighted by atomic mass is 79.9. The Labute approximate surface area is 126 Å². The van der Waals surface area contributed by atoms with Crippen molar-refractivity contribution in [2.75, 3.05) is 5.32 Å². The summed E-state index contributed by atoms with van der Waals surface area (Å²) in [6.45, 7) is 0. The van der Waals surface area contributed by atoms with Crippen molar-refractivity contribution in [2.45, 2.75) is 6.42 Å². The first-order valence-corrected chi connectivity index (χ1v) is 7.12. The molecule has 1 aromatic carbocycles. The predicted octanol–water partition coefficient (Wildman–Crippen LogP) is 2.32. The van der Waals surface area contributed by atoms with Gasteiger partial charge in [-0.05, 0) is 34.1 Å². The Hall–Kier alpha value is -1.80. The SMILES string of the molecule is NC(=O)Cc1csc(NC(=O)c2ccc(F)cc2Br)n1. The van der Waals surface area contributed by atoms with Crippen molar-refractivity contribution in [3.05, 3.63) is 45.1 Å². The van der Waals surface area contributed by atoms with E-state index in [4.69, 9.17) is 5.73 Å². The molecule has 20 heavy (non-hydrogen) atoms. The van der Waals surface area contributed by atoms with E-state index in [1.165, 1.54) is 29.5 Å². The van der Waals surface area contributed by atoms with Gasteiger partial charge in [-0.1, -0.05) is 0 Å². The Morgan fingerprint density at radius 1 is 1.45 bits per heavy atom. The lowest BCUT2D eigenvalue weighted by molar-refractivity contribution is -0.117. The van der Waals surface area contributed by atoms with E-state index < -0.39 is 17.6 Å². The van der Waals surface area contributed by atoms with Crippen LogP contribution in [0.5, 0.6) is 0 Å². The number of carbonyl (C=O) groups is 2. The maximum atomic E-state index is 12.9. The van der Waals surface area contributed by atoms with Crippen molar-refractivity contribution >= 4 is 44.2 Å². The van der Waals surface area contributed by atoms with Crippen LogP contribution < -0.4 is 11.1 Å². The van der Waals surface area contributed by atoms with Gasteiger partial charge >= 0.3 is 0 Å². The molecule has 1 heterocycles. The molecule has 3 N–H and O–H groups in total. The summed E-state index contributed by atoms with van der Waals surface area (Å²) in [7, 11) is 0. The molecule has 1 aromatic heterocycles. The Morgan fingerprint density at radius 3 is 2.85 bits per heavy atom. The van der Waals surface area contributed by atoms with Crippen molar-refractivity contribution < 1.29 is 14.0 Å². The van der Waals surface area contributed by atoms with Crippen LogP contribution in [0.2, 0.25) is 0 Å². The molecule has 5 nitrogen and oxygen atoms in total. The molecule has 0 aliphatic carbocycles. The maximum absolute atomic E-state index is 12.9. The van der Waals surface area contributed by atoms with E-state index in [0.717, 1.165) is 0 Å². The average molecular weight is 358 g/mol. The Kier molecular flexibility index (Phi) is 4.46. The number of primary amides is 1. The molecule has 0 aliphatic heterocycles. The van der Waals surface area contributed by atoms with Gasteiger partial charge in [-0.2, -0.15) is 0 Å². The monoisotopic (exact) mass is 357 g/mol. The zero-order chi connectivity index (χ0) is 14.7. The van der Waals surface area contributed by atoms with Gasteiger partial charge in [0.05, 0.1) is 17.7 Å². The molecule has 0 radical (unpaired) electrons. The van der Waals surface area contributed by atoms with Crippen molar-refractivity contribution in [1.82, 2.24) is 4.98 Å². The Morgan fingerprint density at radius 2 is 2.20 bits per heavy atom. The average Bonchev–Trinajstić information content (AvgIpc) is 2.75. The number of amides is 2. The second-order valence-corrected chi connectivity index (χ2v) is 5.58. The number of nitrogens with one attached hydrogen (secondary N) is 1. The highest BCUT2D eigenvalue weighted by molar-refractivity contribution is 9.10. The number of halogens is 2. The minimum Gasteiger partial charge on any atom is -0.369 e. The molecule has 2 rings (SSSR count). The van der Waals surface area contributed by atoms with E-state index in [0.29, 0.717) is 15.3 Å². The first-order valence-electron chi connectivity index (χ1n) is 5.45. The van der Waals surface area contributed by atoms with E-state index in [9.17, 15) is 14.0 Å². The third-order valence-electron chi connectivity index (χ3n) is 2.30. The van der Waals surface area contributed by atoms with E-state index >= 15 is 0 Å². The largest absolute Gasteiger partial charge is 0.369 e. The molecule has 0 bridgehead atoms. The normalized spacial score (nSPS) is 10.3. The molecule has 0 saturated carbocycles. The van der Waals surface area contributed by atoms with Gasteiger partial charge in [-0.15, -0.1) is 11.3 Å². The summed E-state index contributed by atoms with van der Waals surface area (Å²) in [5.74, 6) is -1.35. The van der Waals surface area contributed by atoms with Gasteiger partial charge in [0.2, 0.25) is 5.91 Å².